The zero-order chi connectivity index (χ0) is 18.7. The Bertz CT molecular complexity index is 550. The van der Waals surface area contributed by atoms with Gasteiger partial charge in [0.05, 0.1) is 18.1 Å². The molecule has 0 aliphatic carbocycles. The van der Waals surface area contributed by atoms with Gasteiger partial charge in [0, 0.05) is 31.8 Å². The minimum absolute atomic E-state index is 0. The van der Waals surface area contributed by atoms with Gasteiger partial charge in [-0.2, -0.15) is 0 Å². The van der Waals surface area contributed by atoms with Crippen molar-refractivity contribution >= 4 is 35.6 Å². The van der Waals surface area contributed by atoms with E-state index in [0.29, 0.717) is 31.7 Å². The number of guanidine groups is 1. The summed E-state index contributed by atoms with van der Waals surface area (Å²) in [5.74, 6) is 1.40. The fourth-order valence-corrected chi connectivity index (χ4v) is 2.21. The molecule has 0 aliphatic heterocycles. The van der Waals surface area contributed by atoms with Crippen molar-refractivity contribution in [2.45, 2.75) is 46.2 Å². The summed E-state index contributed by atoms with van der Waals surface area (Å²) in [5.41, 5.74) is 1.01. The van der Waals surface area contributed by atoms with Gasteiger partial charge >= 0.3 is 0 Å². The van der Waals surface area contributed by atoms with Crippen LogP contribution in [-0.4, -0.2) is 37.2 Å². The highest BCUT2D eigenvalue weighted by atomic mass is 127. The van der Waals surface area contributed by atoms with Gasteiger partial charge in [-0.25, -0.2) is 4.99 Å². The van der Waals surface area contributed by atoms with E-state index >= 15 is 0 Å². The summed E-state index contributed by atoms with van der Waals surface area (Å²) in [4.78, 5) is 14.9. The highest BCUT2D eigenvalue weighted by Gasteiger charge is 2.07. The van der Waals surface area contributed by atoms with E-state index in [1.165, 1.54) is 12.1 Å². The topological polar surface area (TPSA) is 88.8 Å². The lowest BCUT2D eigenvalue weighted by atomic mass is 10.0. The van der Waals surface area contributed by atoms with Crippen LogP contribution in [0, 0.1) is 16.0 Å². The Morgan fingerprint density at radius 1 is 1.23 bits per heavy atom. The quantitative estimate of drug-likeness (QED) is 0.134. The van der Waals surface area contributed by atoms with E-state index in [2.05, 4.69) is 36.4 Å². The lowest BCUT2D eigenvalue weighted by Crippen LogP contribution is -2.43. The van der Waals surface area contributed by atoms with E-state index < -0.39 is 4.92 Å². The van der Waals surface area contributed by atoms with Gasteiger partial charge in [0.15, 0.2) is 5.96 Å². The van der Waals surface area contributed by atoms with Crippen LogP contribution in [0.4, 0.5) is 5.69 Å². The highest BCUT2D eigenvalue weighted by molar-refractivity contribution is 14.0. The number of hydrogen-bond acceptors (Lipinski definition) is 4. The van der Waals surface area contributed by atoms with E-state index in [1.807, 2.05) is 0 Å². The van der Waals surface area contributed by atoms with Crippen molar-refractivity contribution in [1.82, 2.24) is 10.6 Å². The van der Waals surface area contributed by atoms with Crippen LogP contribution in [-0.2, 0) is 11.3 Å². The summed E-state index contributed by atoms with van der Waals surface area (Å²) < 4.78 is 5.07. The number of nitro groups is 1. The van der Waals surface area contributed by atoms with Crippen molar-refractivity contribution in [3.8, 4) is 0 Å². The zero-order valence-corrected chi connectivity index (χ0v) is 18.4. The maximum Gasteiger partial charge on any atom is 0.269 e. The fourth-order valence-electron chi connectivity index (χ4n) is 2.21. The maximum absolute atomic E-state index is 10.7. The molecule has 0 aliphatic rings. The first kappa shape index (κ1) is 24.6. The van der Waals surface area contributed by atoms with Gasteiger partial charge in [-0.3, -0.25) is 10.1 Å². The Labute approximate surface area is 173 Å². The van der Waals surface area contributed by atoms with Gasteiger partial charge in [0.1, 0.15) is 0 Å². The number of nitro benzene ring substituents is 1. The summed E-state index contributed by atoms with van der Waals surface area (Å²) in [5, 5.41) is 17.4. The van der Waals surface area contributed by atoms with Crippen LogP contribution in [0.15, 0.2) is 29.3 Å². The largest absolute Gasteiger partial charge is 0.383 e. The number of benzene rings is 1. The molecule has 0 heterocycles. The Hall–Kier alpha value is -1.42. The number of nitrogens with zero attached hydrogens (tertiary/aromatic N) is 2. The molecule has 0 saturated carbocycles. The monoisotopic (exact) mass is 478 g/mol. The average molecular weight is 478 g/mol. The molecule has 0 fully saturated rings. The molecule has 1 unspecified atom stereocenters. The molecule has 148 valence electrons. The molecule has 1 rings (SSSR count). The highest BCUT2D eigenvalue weighted by Crippen LogP contribution is 2.12. The summed E-state index contributed by atoms with van der Waals surface area (Å²) in [6, 6.07) is 6.78. The SMILES string of the molecule is COCCNC(=NCc1ccc([N+](=O)[O-])cc1)NC(C)CCC(C)C.I. The van der Waals surface area contributed by atoms with Gasteiger partial charge in [-0.1, -0.05) is 26.0 Å². The normalized spacial score (nSPS) is 12.4. The van der Waals surface area contributed by atoms with Crippen molar-refractivity contribution < 1.29 is 9.66 Å². The van der Waals surface area contributed by atoms with Crippen LogP contribution >= 0.6 is 24.0 Å². The lowest BCUT2D eigenvalue weighted by molar-refractivity contribution is -0.384. The summed E-state index contributed by atoms with van der Waals surface area (Å²) in [6.07, 6.45) is 2.22. The molecule has 0 amide bonds. The zero-order valence-electron chi connectivity index (χ0n) is 16.0. The number of halogens is 1. The number of rotatable bonds is 10. The Balaban J connectivity index is 0.00000625. The van der Waals surface area contributed by atoms with Crippen LogP contribution in [0.2, 0.25) is 0 Å². The van der Waals surface area contributed by atoms with Crippen molar-refractivity contribution in [1.29, 1.82) is 0 Å². The fraction of sp³-hybridized carbons (Fsp3) is 0.611. The molecule has 0 spiro atoms. The second-order valence-corrected chi connectivity index (χ2v) is 6.52. The molecule has 7 nitrogen and oxygen atoms in total. The number of methoxy groups -OCH3 is 1. The standard InChI is InChI=1S/C18H30N4O3.HI/c1-14(2)5-6-15(3)21-18(19-11-12-25-4)20-13-16-7-9-17(10-8-16)22(23)24;/h7-10,14-15H,5-6,11-13H2,1-4H3,(H2,19,20,21);1H. The molecular formula is C18H31IN4O3. The first-order valence-electron chi connectivity index (χ1n) is 8.69. The third-order valence-corrected chi connectivity index (χ3v) is 3.73. The third-order valence-electron chi connectivity index (χ3n) is 3.73. The molecule has 26 heavy (non-hydrogen) atoms. The van der Waals surface area contributed by atoms with E-state index in [9.17, 15) is 10.1 Å². The second kappa shape index (κ2) is 13.7. The van der Waals surface area contributed by atoms with Crippen molar-refractivity contribution in [2.24, 2.45) is 10.9 Å². The van der Waals surface area contributed by atoms with Gasteiger partial charge in [0.25, 0.3) is 5.69 Å². The number of ether oxygens (including phenoxy) is 1. The lowest BCUT2D eigenvalue weighted by Gasteiger charge is -2.19. The van der Waals surface area contributed by atoms with Crippen molar-refractivity contribution in [3.05, 3.63) is 39.9 Å². The Morgan fingerprint density at radius 3 is 2.42 bits per heavy atom. The van der Waals surface area contributed by atoms with Crippen LogP contribution in [0.3, 0.4) is 0 Å². The van der Waals surface area contributed by atoms with Crippen LogP contribution < -0.4 is 10.6 Å². The minimum atomic E-state index is -0.400. The second-order valence-electron chi connectivity index (χ2n) is 6.52. The maximum atomic E-state index is 10.7. The summed E-state index contributed by atoms with van der Waals surface area (Å²) in [6.45, 7) is 8.29. The molecule has 8 heteroatoms. The summed E-state index contributed by atoms with van der Waals surface area (Å²) >= 11 is 0. The van der Waals surface area contributed by atoms with Crippen LogP contribution in [0.5, 0.6) is 0 Å². The van der Waals surface area contributed by atoms with E-state index in [0.717, 1.165) is 24.4 Å². The number of nitrogens with one attached hydrogen (secondary N) is 2. The first-order chi connectivity index (χ1) is 11.9. The predicted octanol–water partition coefficient (Wildman–Crippen LogP) is 3.72. The molecule has 0 saturated heterocycles. The minimum Gasteiger partial charge on any atom is -0.383 e. The molecular weight excluding hydrogens is 447 g/mol. The smallest absolute Gasteiger partial charge is 0.269 e. The predicted molar refractivity (Wildman–Crippen MR) is 116 cm³/mol. The van der Waals surface area contributed by atoms with Crippen molar-refractivity contribution in [2.75, 3.05) is 20.3 Å². The molecule has 0 bridgehead atoms. The molecule has 2 N–H and O–H groups in total. The molecule has 1 aromatic rings. The van der Waals surface area contributed by atoms with Gasteiger partial charge < -0.3 is 15.4 Å². The molecule has 0 radical (unpaired) electrons. The summed E-state index contributed by atoms with van der Waals surface area (Å²) in [7, 11) is 1.66. The number of hydrogen-bond donors (Lipinski definition) is 2. The Kier molecular flexibility index (Phi) is 13.0. The van der Waals surface area contributed by atoms with Gasteiger partial charge in [-0.05, 0) is 31.2 Å². The molecule has 1 aromatic carbocycles. The van der Waals surface area contributed by atoms with E-state index in [4.69, 9.17) is 4.74 Å². The number of aliphatic imine (C=N–C) groups is 1. The van der Waals surface area contributed by atoms with Gasteiger partial charge in [0.2, 0.25) is 0 Å². The van der Waals surface area contributed by atoms with Gasteiger partial charge in [-0.15, -0.1) is 24.0 Å². The number of non-ortho nitro benzene ring substituents is 1. The third kappa shape index (κ3) is 10.5. The Morgan fingerprint density at radius 2 is 1.88 bits per heavy atom. The molecule has 0 aromatic heterocycles. The molecule has 1 atom stereocenters. The van der Waals surface area contributed by atoms with Crippen molar-refractivity contribution in [3.63, 3.8) is 0 Å². The average Bonchev–Trinajstić information content (AvgIpc) is 2.58. The van der Waals surface area contributed by atoms with E-state index in [1.54, 1.807) is 19.2 Å². The van der Waals surface area contributed by atoms with Crippen LogP contribution in [0.25, 0.3) is 0 Å². The first-order valence-corrected chi connectivity index (χ1v) is 8.69. The van der Waals surface area contributed by atoms with Crippen LogP contribution in [0.1, 0.15) is 39.2 Å². The van der Waals surface area contributed by atoms with E-state index in [-0.39, 0.29) is 29.7 Å².